The van der Waals surface area contributed by atoms with Crippen LogP contribution in [0, 0.1) is 17.3 Å². The second-order valence-electron chi connectivity index (χ2n) is 4.96. The summed E-state index contributed by atoms with van der Waals surface area (Å²) >= 11 is 0. The van der Waals surface area contributed by atoms with Crippen LogP contribution in [0.15, 0.2) is 0 Å². The van der Waals surface area contributed by atoms with Gasteiger partial charge < -0.3 is 0 Å². The second-order valence-corrected chi connectivity index (χ2v) is 4.96. The minimum atomic E-state index is -1.12. The molecule has 17 heavy (non-hydrogen) atoms. The normalized spacial score (nSPS) is 18.8. The summed E-state index contributed by atoms with van der Waals surface area (Å²) in [6.45, 7) is 7.52. The van der Waals surface area contributed by atoms with E-state index in [2.05, 4.69) is 10.6 Å². The van der Waals surface area contributed by atoms with E-state index in [1.165, 1.54) is 0 Å². The summed E-state index contributed by atoms with van der Waals surface area (Å²) in [6, 6.07) is -0.727. The molecule has 0 saturated carbocycles. The Kier molecular flexibility index (Phi) is 5.84. The number of urea groups is 1. The van der Waals surface area contributed by atoms with E-state index < -0.39 is 23.3 Å². The standard InChI is InChI=1S/C11H18N2O3.Na/c1-6(2)5-11(7(3)4)8(14)12-10(16)13-9(11)15;/h6-7H,5H2,1-4H3,(H2,12,13,14,15,16);/q;+1. The predicted molar refractivity (Wildman–Crippen MR) is 58.4 cm³/mol. The molecule has 0 atom stereocenters. The third-order valence-corrected chi connectivity index (χ3v) is 2.98. The SMILES string of the molecule is CC(C)CC1(C(C)C)C(=O)NC(=O)NC1=O.[Na+]. The maximum Gasteiger partial charge on any atom is 1.00 e. The van der Waals surface area contributed by atoms with Gasteiger partial charge in [-0.05, 0) is 18.3 Å². The molecular weight excluding hydrogens is 231 g/mol. The van der Waals surface area contributed by atoms with Gasteiger partial charge in [0.1, 0.15) is 5.41 Å². The van der Waals surface area contributed by atoms with Crippen molar-refractivity contribution < 1.29 is 43.9 Å². The van der Waals surface area contributed by atoms with Gasteiger partial charge in [-0.2, -0.15) is 0 Å². The zero-order valence-corrected chi connectivity index (χ0v) is 13.1. The first-order valence-electron chi connectivity index (χ1n) is 5.47. The third kappa shape index (κ3) is 3.09. The van der Waals surface area contributed by atoms with E-state index in [9.17, 15) is 14.4 Å². The van der Waals surface area contributed by atoms with Crippen molar-refractivity contribution in [2.45, 2.75) is 34.1 Å². The largest absolute Gasteiger partial charge is 1.00 e. The van der Waals surface area contributed by atoms with Crippen molar-refractivity contribution in [1.82, 2.24) is 10.6 Å². The number of carbonyl (C=O) groups is 3. The number of amides is 4. The summed E-state index contributed by atoms with van der Waals surface area (Å²) in [6.07, 6.45) is 0.440. The van der Waals surface area contributed by atoms with E-state index in [1.807, 2.05) is 27.7 Å². The molecule has 1 saturated heterocycles. The van der Waals surface area contributed by atoms with E-state index in [1.54, 1.807) is 0 Å². The van der Waals surface area contributed by atoms with Crippen molar-refractivity contribution in [2.24, 2.45) is 17.3 Å². The van der Waals surface area contributed by atoms with Crippen LogP contribution in [-0.4, -0.2) is 17.8 Å². The fraction of sp³-hybridized carbons (Fsp3) is 0.727. The van der Waals surface area contributed by atoms with E-state index in [0.29, 0.717) is 6.42 Å². The Morgan fingerprint density at radius 2 is 1.41 bits per heavy atom. The molecular formula is C11H18N2NaO3+. The van der Waals surface area contributed by atoms with Crippen LogP contribution < -0.4 is 40.2 Å². The van der Waals surface area contributed by atoms with Crippen LogP contribution in [0.1, 0.15) is 34.1 Å². The van der Waals surface area contributed by atoms with Gasteiger partial charge in [-0.25, -0.2) is 4.79 Å². The van der Waals surface area contributed by atoms with Gasteiger partial charge in [0.05, 0.1) is 0 Å². The predicted octanol–water partition coefficient (Wildman–Crippen LogP) is -1.96. The van der Waals surface area contributed by atoms with E-state index in [-0.39, 0.29) is 41.4 Å². The Morgan fingerprint density at radius 1 is 1.00 bits per heavy atom. The van der Waals surface area contributed by atoms with Crippen LogP contribution in [-0.2, 0) is 9.59 Å². The van der Waals surface area contributed by atoms with Gasteiger partial charge >= 0.3 is 35.6 Å². The topological polar surface area (TPSA) is 75.3 Å². The molecule has 5 nitrogen and oxygen atoms in total. The third-order valence-electron chi connectivity index (χ3n) is 2.98. The van der Waals surface area contributed by atoms with E-state index in [4.69, 9.17) is 0 Å². The summed E-state index contributed by atoms with van der Waals surface area (Å²) in [5.74, 6) is -0.912. The molecule has 0 bridgehead atoms. The van der Waals surface area contributed by atoms with Gasteiger partial charge in [0.25, 0.3) is 0 Å². The van der Waals surface area contributed by atoms with Crippen molar-refractivity contribution in [1.29, 1.82) is 0 Å². The molecule has 0 aromatic carbocycles. The molecule has 2 N–H and O–H groups in total. The number of carbonyl (C=O) groups excluding carboxylic acids is 3. The Bertz CT molecular complexity index is 320. The molecule has 1 heterocycles. The summed E-state index contributed by atoms with van der Waals surface area (Å²) in [5, 5.41) is 4.36. The second kappa shape index (κ2) is 5.98. The van der Waals surface area contributed by atoms with E-state index >= 15 is 0 Å². The zero-order valence-electron chi connectivity index (χ0n) is 11.1. The maximum atomic E-state index is 11.9. The molecule has 0 aromatic rings. The van der Waals surface area contributed by atoms with Gasteiger partial charge in [0, 0.05) is 0 Å². The van der Waals surface area contributed by atoms with Crippen molar-refractivity contribution in [3.05, 3.63) is 0 Å². The van der Waals surface area contributed by atoms with Gasteiger partial charge in [-0.3, -0.25) is 20.2 Å². The zero-order chi connectivity index (χ0) is 12.5. The fourth-order valence-corrected chi connectivity index (χ4v) is 2.15. The number of barbiturate groups is 1. The number of hydrogen-bond donors (Lipinski definition) is 2. The average Bonchev–Trinajstić information content (AvgIpc) is 2.10. The van der Waals surface area contributed by atoms with E-state index in [0.717, 1.165) is 0 Å². The summed E-state index contributed by atoms with van der Waals surface area (Å²) in [5.41, 5.74) is -1.12. The first kappa shape index (κ1) is 16.6. The first-order chi connectivity index (χ1) is 7.30. The van der Waals surface area contributed by atoms with Crippen molar-refractivity contribution in [2.75, 3.05) is 0 Å². The molecule has 1 aliphatic rings. The minimum Gasteiger partial charge on any atom is -0.277 e. The molecule has 0 aliphatic carbocycles. The maximum absolute atomic E-state index is 11.9. The number of nitrogens with one attached hydrogen (secondary N) is 2. The Balaban J connectivity index is 0.00000256. The molecule has 1 fully saturated rings. The first-order valence-corrected chi connectivity index (χ1v) is 5.47. The molecule has 0 spiro atoms. The average molecular weight is 249 g/mol. The van der Waals surface area contributed by atoms with Gasteiger partial charge in [0.2, 0.25) is 11.8 Å². The number of hydrogen-bond acceptors (Lipinski definition) is 3. The number of rotatable bonds is 3. The quantitative estimate of drug-likeness (QED) is 0.451. The summed E-state index contributed by atoms with van der Waals surface area (Å²) in [7, 11) is 0. The van der Waals surface area contributed by atoms with Crippen LogP contribution >= 0.6 is 0 Å². The van der Waals surface area contributed by atoms with Crippen molar-refractivity contribution >= 4 is 17.8 Å². The Labute approximate surface area is 123 Å². The number of imide groups is 2. The summed E-state index contributed by atoms with van der Waals surface area (Å²) < 4.78 is 0. The van der Waals surface area contributed by atoms with Crippen LogP contribution in [0.2, 0.25) is 0 Å². The van der Waals surface area contributed by atoms with Gasteiger partial charge in [-0.15, -0.1) is 0 Å². The molecule has 1 rings (SSSR count). The van der Waals surface area contributed by atoms with Crippen LogP contribution in [0.3, 0.4) is 0 Å². The monoisotopic (exact) mass is 249 g/mol. The Hall–Kier alpha value is -0.390. The smallest absolute Gasteiger partial charge is 0.277 e. The fourth-order valence-electron chi connectivity index (χ4n) is 2.15. The molecule has 90 valence electrons. The van der Waals surface area contributed by atoms with Gasteiger partial charge in [-0.1, -0.05) is 27.7 Å². The molecule has 0 aromatic heterocycles. The minimum absolute atomic E-state index is 0. The van der Waals surface area contributed by atoms with Crippen molar-refractivity contribution in [3.63, 3.8) is 0 Å². The molecule has 4 amide bonds. The molecule has 6 heteroatoms. The van der Waals surface area contributed by atoms with Crippen LogP contribution in [0.4, 0.5) is 4.79 Å². The summed E-state index contributed by atoms with van der Waals surface area (Å²) in [4.78, 5) is 34.9. The van der Waals surface area contributed by atoms with Gasteiger partial charge in [0.15, 0.2) is 0 Å². The Morgan fingerprint density at radius 3 is 1.71 bits per heavy atom. The molecule has 0 unspecified atom stereocenters. The van der Waals surface area contributed by atoms with Crippen LogP contribution in [0.5, 0.6) is 0 Å². The van der Waals surface area contributed by atoms with Crippen LogP contribution in [0.25, 0.3) is 0 Å². The van der Waals surface area contributed by atoms with Crippen molar-refractivity contribution in [3.8, 4) is 0 Å². The molecule has 1 aliphatic heterocycles. The molecule has 0 radical (unpaired) electrons.